The molecule has 0 aliphatic rings. The van der Waals surface area contributed by atoms with Gasteiger partial charge in [0.1, 0.15) is 17.0 Å². The zero-order valence-corrected chi connectivity index (χ0v) is 17.3. The Morgan fingerprint density at radius 1 is 1.10 bits per heavy atom. The van der Waals surface area contributed by atoms with Gasteiger partial charge >= 0.3 is 5.69 Å². The Morgan fingerprint density at radius 3 is 2.60 bits per heavy atom. The Balaban J connectivity index is 1.72. The van der Waals surface area contributed by atoms with E-state index >= 15 is 0 Å². The molecule has 0 bridgehead atoms. The highest BCUT2D eigenvalue weighted by Crippen LogP contribution is 2.29. The fourth-order valence-corrected chi connectivity index (χ4v) is 3.64. The van der Waals surface area contributed by atoms with Crippen molar-refractivity contribution in [3.63, 3.8) is 0 Å². The molecule has 4 rings (SSSR count). The van der Waals surface area contributed by atoms with Crippen LogP contribution in [0.3, 0.4) is 0 Å². The summed E-state index contributed by atoms with van der Waals surface area (Å²) in [5.74, 6) is 1.20. The maximum absolute atomic E-state index is 12.6. The average Bonchev–Trinajstić information content (AvgIpc) is 3.19. The smallest absolute Gasteiger partial charge is 0.332 e. The highest BCUT2D eigenvalue weighted by atomic mass is 16.5. The van der Waals surface area contributed by atoms with E-state index in [4.69, 9.17) is 4.74 Å². The lowest BCUT2D eigenvalue weighted by molar-refractivity contribution is 0.410. The summed E-state index contributed by atoms with van der Waals surface area (Å²) >= 11 is 0. The summed E-state index contributed by atoms with van der Waals surface area (Å²) in [7, 11) is 4.67. The van der Waals surface area contributed by atoms with Crippen LogP contribution in [-0.2, 0) is 20.6 Å². The topological polar surface area (TPSA) is 93.9 Å². The van der Waals surface area contributed by atoms with Crippen molar-refractivity contribution in [1.82, 2.24) is 19.3 Å². The Morgan fingerprint density at radius 2 is 1.87 bits per heavy atom. The zero-order valence-electron chi connectivity index (χ0n) is 17.3. The Hall–Kier alpha value is -3.81. The summed E-state index contributed by atoms with van der Waals surface area (Å²) < 4.78 is 7.94. The summed E-state index contributed by atoms with van der Waals surface area (Å²) in [6, 6.07) is 14.2. The third kappa shape index (κ3) is 3.16. The summed E-state index contributed by atoms with van der Waals surface area (Å²) in [5.41, 5.74) is 3.85. The molecule has 0 fully saturated rings. The number of methoxy groups -OCH3 is 1. The normalized spacial score (nSPS) is 11.1. The van der Waals surface area contributed by atoms with Gasteiger partial charge in [0.25, 0.3) is 5.56 Å². The molecule has 8 heteroatoms. The quantitative estimate of drug-likeness (QED) is 0.532. The van der Waals surface area contributed by atoms with E-state index in [9.17, 15) is 9.59 Å². The van der Waals surface area contributed by atoms with Gasteiger partial charge in [0.15, 0.2) is 5.65 Å². The first-order valence-corrected chi connectivity index (χ1v) is 9.53. The minimum Gasteiger partial charge on any atom is -0.496 e. The van der Waals surface area contributed by atoms with Crippen molar-refractivity contribution in [3.8, 4) is 16.9 Å². The van der Waals surface area contributed by atoms with Gasteiger partial charge in [0.05, 0.1) is 7.11 Å². The number of hydrogen-bond acceptors (Lipinski definition) is 5. The van der Waals surface area contributed by atoms with E-state index in [1.54, 1.807) is 14.2 Å². The van der Waals surface area contributed by atoms with Gasteiger partial charge in [0, 0.05) is 26.2 Å². The number of aromatic nitrogens is 4. The van der Waals surface area contributed by atoms with Crippen LogP contribution in [0.4, 0.5) is 5.82 Å². The molecule has 2 heterocycles. The van der Waals surface area contributed by atoms with Gasteiger partial charge in [-0.15, -0.1) is 0 Å². The molecular formula is C22H23N5O3. The number of aromatic amines is 1. The molecule has 2 aromatic carbocycles. The third-order valence-electron chi connectivity index (χ3n) is 5.35. The number of hydrogen-bond donors (Lipinski definition) is 2. The Labute approximate surface area is 172 Å². The van der Waals surface area contributed by atoms with Crippen LogP contribution >= 0.6 is 0 Å². The third-order valence-corrected chi connectivity index (χ3v) is 5.35. The lowest BCUT2D eigenvalue weighted by Crippen LogP contribution is -2.36. The predicted octanol–water partition coefficient (Wildman–Crippen LogP) is 2.56. The molecule has 0 radical (unpaired) electrons. The predicted molar refractivity (Wildman–Crippen MR) is 117 cm³/mol. The van der Waals surface area contributed by atoms with Crippen molar-refractivity contribution >= 4 is 16.9 Å². The highest BCUT2D eigenvalue weighted by molar-refractivity contribution is 5.86. The molecule has 0 atom stereocenters. The maximum Gasteiger partial charge on any atom is 0.332 e. The van der Waals surface area contributed by atoms with Crippen LogP contribution in [0.2, 0.25) is 0 Å². The van der Waals surface area contributed by atoms with Gasteiger partial charge in [-0.25, -0.2) is 4.79 Å². The van der Waals surface area contributed by atoms with Crippen LogP contribution in [0, 0.1) is 6.92 Å². The number of ether oxygens (including phenoxy) is 1. The number of rotatable bonds is 5. The molecule has 0 amide bonds. The molecule has 30 heavy (non-hydrogen) atoms. The minimum atomic E-state index is -0.418. The first-order valence-electron chi connectivity index (χ1n) is 9.53. The molecular weight excluding hydrogens is 382 g/mol. The summed E-state index contributed by atoms with van der Waals surface area (Å²) in [5, 5.41) is 10.6. The largest absolute Gasteiger partial charge is 0.496 e. The second kappa shape index (κ2) is 7.55. The van der Waals surface area contributed by atoms with Crippen LogP contribution in [-0.4, -0.2) is 26.4 Å². The molecule has 0 aliphatic heterocycles. The first kappa shape index (κ1) is 19.5. The van der Waals surface area contributed by atoms with Crippen molar-refractivity contribution in [2.45, 2.75) is 13.5 Å². The number of benzene rings is 2. The highest BCUT2D eigenvalue weighted by Gasteiger charge is 2.16. The summed E-state index contributed by atoms with van der Waals surface area (Å²) in [6.07, 6.45) is 0. The van der Waals surface area contributed by atoms with E-state index in [2.05, 4.69) is 40.6 Å². The zero-order chi connectivity index (χ0) is 21.4. The molecule has 0 unspecified atom stereocenters. The molecule has 154 valence electrons. The van der Waals surface area contributed by atoms with E-state index in [-0.39, 0.29) is 0 Å². The monoisotopic (exact) mass is 405 g/mol. The summed E-state index contributed by atoms with van der Waals surface area (Å²) in [4.78, 5) is 24.7. The van der Waals surface area contributed by atoms with Crippen LogP contribution in [0.15, 0.2) is 52.1 Å². The molecule has 4 aromatic rings. The lowest BCUT2D eigenvalue weighted by Gasteiger charge is -2.13. The second-order valence-electron chi connectivity index (χ2n) is 7.20. The number of aryl methyl sites for hydroxylation is 2. The first-order chi connectivity index (χ1) is 14.4. The van der Waals surface area contributed by atoms with Gasteiger partial charge in [0.2, 0.25) is 0 Å². The number of anilines is 1. The van der Waals surface area contributed by atoms with Gasteiger partial charge in [-0.1, -0.05) is 30.3 Å². The fraction of sp³-hybridized carbons (Fsp3) is 0.227. The number of nitrogens with one attached hydrogen (secondary N) is 2. The van der Waals surface area contributed by atoms with E-state index < -0.39 is 11.2 Å². The Bertz CT molecular complexity index is 1360. The van der Waals surface area contributed by atoms with Crippen molar-refractivity contribution in [2.75, 3.05) is 12.4 Å². The van der Waals surface area contributed by atoms with Crippen LogP contribution < -0.4 is 21.3 Å². The van der Waals surface area contributed by atoms with Crippen molar-refractivity contribution < 1.29 is 4.74 Å². The lowest BCUT2D eigenvalue weighted by atomic mass is 9.98. The average molecular weight is 405 g/mol. The summed E-state index contributed by atoms with van der Waals surface area (Å²) in [6.45, 7) is 2.49. The fourth-order valence-electron chi connectivity index (χ4n) is 3.64. The van der Waals surface area contributed by atoms with E-state index in [1.165, 1.54) is 17.2 Å². The molecule has 0 spiro atoms. The number of H-pyrrole nitrogens is 1. The molecule has 0 saturated heterocycles. The van der Waals surface area contributed by atoms with Crippen LogP contribution in [0.25, 0.3) is 22.2 Å². The van der Waals surface area contributed by atoms with Crippen molar-refractivity contribution in [2.24, 2.45) is 14.1 Å². The van der Waals surface area contributed by atoms with Crippen LogP contribution in [0.1, 0.15) is 11.1 Å². The van der Waals surface area contributed by atoms with Crippen molar-refractivity contribution in [1.29, 1.82) is 0 Å². The standard InChI is InChI=1S/C22H23N5O3/c1-13-7-5-6-8-16(13)14-9-10-17(30-4)15(11-14)12-23-19-18-20(25-24-19)26(2)22(29)27(3)21(18)28/h5-11H,12H2,1-4H3,(H2,23,24,25). The molecule has 2 N–H and O–H groups in total. The molecule has 0 aliphatic carbocycles. The minimum absolute atomic E-state index is 0.311. The SMILES string of the molecule is COc1ccc(-c2ccccc2C)cc1CNc1[nH]nc2c1c(=O)n(C)c(=O)n2C. The molecule has 0 saturated carbocycles. The maximum atomic E-state index is 12.6. The van der Waals surface area contributed by atoms with Crippen LogP contribution in [0.5, 0.6) is 5.75 Å². The number of nitrogens with zero attached hydrogens (tertiary/aromatic N) is 3. The van der Waals surface area contributed by atoms with Gasteiger partial charge < -0.3 is 10.1 Å². The van der Waals surface area contributed by atoms with Gasteiger partial charge in [-0.05, 0) is 35.7 Å². The van der Waals surface area contributed by atoms with Gasteiger partial charge in [-0.2, -0.15) is 5.10 Å². The molecule has 2 aromatic heterocycles. The van der Waals surface area contributed by atoms with E-state index in [0.717, 1.165) is 27.0 Å². The number of fused-ring (bicyclic) bond motifs is 1. The second-order valence-corrected chi connectivity index (χ2v) is 7.20. The van der Waals surface area contributed by atoms with Gasteiger partial charge in [-0.3, -0.25) is 19.0 Å². The van der Waals surface area contributed by atoms with Crippen molar-refractivity contribution in [3.05, 3.63) is 74.4 Å². The van der Waals surface area contributed by atoms with E-state index in [1.807, 2.05) is 24.3 Å². The van der Waals surface area contributed by atoms with E-state index in [0.29, 0.717) is 23.4 Å². The Kier molecular flexibility index (Phi) is 4.91. The molecule has 8 nitrogen and oxygen atoms in total.